The number of anilines is 1. The molecular weight excluding hydrogens is 262 g/mol. The van der Waals surface area contributed by atoms with Gasteiger partial charge in [0.15, 0.2) is 0 Å². The number of carbonyl (C=O) groups excluding carboxylic acids is 1. The van der Waals surface area contributed by atoms with Crippen LogP contribution in [0, 0.1) is 5.41 Å². The molecule has 0 bridgehead atoms. The lowest BCUT2D eigenvalue weighted by Gasteiger charge is -2.35. The van der Waals surface area contributed by atoms with Gasteiger partial charge in [-0.25, -0.2) is 0 Å². The molecule has 0 radical (unpaired) electrons. The predicted octanol–water partition coefficient (Wildman–Crippen LogP) is 2.95. The van der Waals surface area contributed by atoms with E-state index in [4.69, 9.17) is 0 Å². The van der Waals surface area contributed by atoms with E-state index in [1.54, 1.807) is 6.20 Å². The minimum absolute atomic E-state index is 0.129. The Bertz CT molecular complexity index is 642. The van der Waals surface area contributed by atoms with Gasteiger partial charge in [-0.3, -0.25) is 9.78 Å². The number of nitrogens with zero attached hydrogens (tertiary/aromatic N) is 1. The summed E-state index contributed by atoms with van der Waals surface area (Å²) in [4.78, 5) is 17.2. The molecule has 1 fully saturated rings. The van der Waals surface area contributed by atoms with Crippen LogP contribution in [0.25, 0.3) is 10.9 Å². The number of benzene rings is 1. The van der Waals surface area contributed by atoms with E-state index in [0.717, 1.165) is 48.9 Å². The lowest BCUT2D eigenvalue weighted by molar-refractivity contribution is -0.127. The van der Waals surface area contributed by atoms with Crippen molar-refractivity contribution in [2.45, 2.75) is 26.2 Å². The zero-order valence-electron chi connectivity index (χ0n) is 12.4. The van der Waals surface area contributed by atoms with Crippen molar-refractivity contribution in [1.82, 2.24) is 10.3 Å². The van der Waals surface area contributed by atoms with Crippen molar-refractivity contribution < 1.29 is 4.79 Å². The molecule has 0 aliphatic carbocycles. The summed E-state index contributed by atoms with van der Waals surface area (Å²) in [6.07, 6.45) is 4.43. The zero-order chi connectivity index (χ0) is 14.7. The monoisotopic (exact) mass is 283 g/mol. The van der Waals surface area contributed by atoms with Crippen molar-refractivity contribution in [2.75, 3.05) is 18.4 Å². The van der Waals surface area contributed by atoms with Gasteiger partial charge in [0.05, 0.1) is 16.6 Å². The Morgan fingerprint density at radius 2 is 2.05 bits per heavy atom. The second-order valence-electron chi connectivity index (χ2n) is 5.72. The molecule has 1 aromatic carbocycles. The minimum Gasteiger partial charge on any atom is -0.324 e. The van der Waals surface area contributed by atoms with Crippen LogP contribution in [0.5, 0.6) is 0 Å². The third kappa shape index (κ3) is 2.63. The fraction of sp³-hybridized carbons (Fsp3) is 0.412. The summed E-state index contributed by atoms with van der Waals surface area (Å²) in [5, 5.41) is 7.49. The molecule has 2 heterocycles. The fourth-order valence-electron chi connectivity index (χ4n) is 3.11. The van der Waals surface area contributed by atoms with E-state index < -0.39 is 0 Å². The van der Waals surface area contributed by atoms with Crippen molar-refractivity contribution in [3.63, 3.8) is 0 Å². The van der Waals surface area contributed by atoms with Crippen molar-refractivity contribution in [1.29, 1.82) is 0 Å². The number of nitrogens with one attached hydrogen (secondary N) is 2. The minimum atomic E-state index is -0.248. The Balaban J connectivity index is 1.89. The van der Waals surface area contributed by atoms with Gasteiger partial charge in [-0.05, 0) is 44.5 Å². The average Bonchev–Trinajstić information content (AvgIpc) is 2.56. The van der Waals surface area contributed by atoms with Gasteiger partial charge in [-0.15, -0.1) is 0 Å². The number of hydrogen-bond acceptors (Lipinski definition) is 3. The molecule has 1 aromatic heterocycles. The Kier molecular flexibility index (Phi) is 3.88. The molecule has 2 aromatic rings. The van der Waals surface area contributed by atoms with Crippen LogP contribution in [-0.2, 0) is 4.79 Å². The number of carbonyl (C=O) groups is 1. The van der Waals surface area contributed by atoms with Gasteiger partial charge in [0, 0.05) is 11.6 Å². The number of pyridine rings is 1. The second kappa shape index (κ2) is 5.82. The van der Waals surface area contributed by atoms with Crippen molar-refractivity contribution in [3.05, 3.63) is 36.5 Å². The van der Waals surface area contributed by atoms with E-state index in [1.165, 1.54) is 0 Å². The lowest BCUT2D eigenvalue weighted by atomic mass is 9.76. The van der Waals surface area contributed by atoms with Crippen LogP contribution in [0.3, 0.4) is 0 Å². The van der Waals surface area contributed by atoms with E-state index in [2.05, 4.69) is 22.5 Å². The summed E-state index contributed by atoms with van der Waals surface area (Å²) in [6, 6.07) is 9.82. The normalized spacial score (nSPS) is 17.6. The molecule has 1 saturated heterocycles. The number of amides is 1. The van der Waals surface area contributed by atoms with Crippen molar-refractivity contribution in [2.24, 2.45) is 5.41 Å². The van der Waals surface area contributed by atoms with E-state index in [9.17, 15) is 4.79 Å². The van der Waals surface area contributed by atoms with Crippen LogP contribution in [0.2, 0.25) is 0 Å². The van der Waals surface area contributed by atoms with Gasteiger partial charge in [0.25, 0.3) is 0 Å². The second-order valence-corrected chi connectivity index (χ2v) is 5.72. The van der Waals surface area contributed by atoms with Gasteiger partial charge in [-0.1, -0.05) is 25.1 Å². The maximum Gasteiger partial charge on any atom is 0.230 e. The highest BCUT2D eigenvalue weighted by Crippen LogP contribution is 2.34. The summed E-state index contributed by atoms with van der Waals surface area (Å²) in [5.74, 6) is 0.129. The maximum absolute atomic E-state index is 12.8. The van der Waals surface area contributed by atoms with Gasteiger partial charge in [0.2, 0.25) is 5.91 Å². The van der Waals surface area contributed by atoms with Crippen molar-refractivity contribution in [3.8, 4) is 0 Å². The molecule has 2 N–H and O–H groups in total. The molecule has 4 nitrogen and oxygen atoms in total. The third-order valence-electron chi connectivity index (χ3n) is 4.60. The van der Waals surface area contributed by atoms with Crippen LogP contribution in [0.4, 0.5) is 5.69 Å². The van der Waals surface area contributed by atoms with Gasteiger partial charge in [-0.2, -0.15) is 0 Å². The number of para-hydroxylation sites is 1. The average molecular weight is 283 g/mol. The number of hydrogen-bond donors (Lipinski definition) is 2. The Labute approximate surface area is 125 Å². The SMILES string of the molecule is CCC1(C(=O)Nc2cccc3cccnc23)CCNCC1. The first-order chi connectivity index (χ1) is 10.2. The molecule has 0 atom stereocenters. The van der Waals surface area contributed by atoms with Crippen molar-refractivity contribution >= 4 is 22.5 Å². The molecule has 0 unspecified atom stereocenters. The van der Waals surface area contributed by atoms with E-state index in [0.29, 0.717) is 0 Å². The Morgan fingerprint density at radius 1 is 1.29 bits per heavy atom. The van der Waals surface area contributed by atoms with Crippen LogP contribution in [-0.4, -0.2) is 24.0 Å². The zero-order valence-corrected chi connectivity index (χ0v) is 12.4. The molecule has 0 saturated carbocycles. The number of rotatable bonds is 3. The molecule has 1 aliphatic rings. The van der Waals surface area contributed by atoms with Gasteiger partial charge in [0.1, 0.15) is 0 Å². The van der Waals surface area contributed by atoms with E-state index in [-0.39, 0.29) is 11.3 Å². The van der Waals surface area contributed by atoms with Gasteiger partial charge < -0.3 is 10.6 Å². The van der Waals surface area contributed by atoms with Crippen LogP contribution < -0.4 is 10.6 Å². The summed E-state index contributed by atoms with van der Waals surface area (Å²) < 4.78 is 0. The van der Waals surface area contributed by atoms with Crippen LogP contribution in [0.1, 0.15) is 26.2 Å². The Morgan fingerprint density at radius 3 is 2.81 bits per heavy atom. The number of aromatic nitrogens is 1. The molecule has 21 heavy (non-hydrogen) atoms. The molecule has 3 rings (SSSR count). The van der Waals surface area contributed by atoms with Crippen LogP contribution >= 0.6 is 0 Å². The molecule has 110 valence electrons. The molecule has 4 heteroatoms. The first kappa shape index (κ1) is 14.0. The predicted molar refractivity (Wildman–Crippen MR) is 85.2 cm³/mol. The highest BCUT2D eigenvalue weighted by molar-refractivity contribution is 6.02. The summed E-state index contributed by atoms with van der Waals surface area (Å²) in [7, 11) is 0. The standard InChI is InChI=1S/C17H21N3O/c1-2-17(8-11-18-12-9-17)16(21)20-14-7-3-5-13-6-4-10-19-15(13)14/h3-7,10,18H,2,8-9,11-12H2,1H3,(H,20,21). The molecule has 1 amide bonds. The first-order valence-electron chi connectivity index (χ1n) is 7.61. The highest BCUT2D eigenvalue weighted by Gasteiger charge is 2.37. The summed E-state index contributed by atoms with van der Waals surface area (Å²) in [5.41, 5.74) is 1.42. The molecular formula is C17H21N3O. The quantitative estimate of drug-likeness (QED) is 0.910. The third-order valence-corrected chi connectivity index (χ3v) is 4.60. The summed E-state index contributed by atoms with van der Waals surface area (Å²) in [6.45, 7) is 3.93. The largest absolute Gasteiger partial charge is 0.324 e. The maximum atomic E-state index is 12.8. The smallest absolute Gasteiger partial charge is 0.230 e. The number of fused-ring (bicyclic) bond motifs is 1. The highest BCUT2D eigenvalue weighted by atomic mass is 16.2. The lowest BCUT2D eigenvalue weighted by Crippen LogP contribution is -2.44. The fourth-order valence-corrected chi connectivity index (χ4v) is 3.11. The van der Waals surface area contributed by atoms with Gasteiger partial charge >= 0.3 is 0 Å². The topological polar surface area (TPSA) is 54.0 Å². The van der Waals surface area contributed by atoms with E-state index >= 15 is 0 Å². The first-order valence-corrected chi connectivity index (χ1v) is 7.61. The van der Waals surface area contributed by atoms with Crippen LogP contribution in [0.15, 0.2) is 36.5 Å². The number of piperidine rings is 1. The molecule has 1 aliphatic heterocycles. The molecule has 0 spiro atoms. The van der Waals surface area contributed by atoms with E-state index in [1.807, 2.05) is 30.3 Å². The Hall–Kier alpha value is -1.94. The summed E-state index contributed by atoms with van der Waals surface area (Å²) >= 11 is 0.